The van der Waals surface area contributed by atoms with Gasteiger partial charge in [0, 0.05) is 7.05 Å². The number of hydrogen-bond acceptors (Lipinski definition) is 3. The van der Waals surface area contributed by atoms with E-state index in [1.54, 1.807) is 7.05 Å². The standard InChI is InChI=1S/C11H24N2O2/c1-6-13(7-2)11(15)9(8(3)4)10(14)12-5/h8-9,11,15H,6-7H2,1-5H3,(H,12,14). The number of hydrogen-bond donors (Lipinski definition) is 2. The van der Waals surface area contributed by atoms with E-state index in [0.29, 0.717) is 0 Å². The third kappa shape index (κ3) is 3.80. The van der Waals surface area contributed by atoms with Crippen LogP contribution in [0.15, 0.2) is 0 Å². The zero-order chi connectivity index (χ0) is 12.0. The second-order valence-electron chi connectivity index (χ2n) is 4.02. The maximum absolute atomic E-state index is 11.6. The van der Waals surface area contributed by atoms with Crippen molar-refractivity contribution < 1.29 is 9.90 Å². The Balaban J connectivity index is 4.68. The van der Waals surface area contributed by atoms with Gasteiger partial charge in [-0.1, -0.05) is 27.7 Å². The molecular formula is C11H24N2O2. The summed E-state index contributed by atoms with van der Waals surface area (Å²) in [4.78, 5) is 13.5. The van der Waals surface area contributed by atoms with E-state index in [4.69, 9.17) is 0 Å². The largest absolute Gasteiger partial charge is 0.378 e. The van der Waals surface area contributed by atoms with E-state index in [1.807, 2.05) is 32.6 Å². The quantitative estimate of drug-likeness (QED) is 0.641. The fourth-order valence-electron chi connectivity index (χ4n) is 1.77. The molecule has 0 aromatic rings. The lowest BCUT2D eigenvalue weighted by Gasteiger charge is -2.32. The molecule has 0 aliphatic heterocycles. The molecule has 2 atom stereocenters. The molecule has 0 radical (unpaired) electrons. The minimum Gasteiger partial charge on any atom is -0.378 e. The molecule has 2 N–H and O–H groups in total. The van der Waals surface area contributed by atoms with Gasteiger partial charge < -0.3 is 10.4 Å². The van der Waals surface area contributed by atoms with Gasteiger partial charge in [0.2, 0.25) is 5.91 Å². The molecule has 15 heavy (non-hydrogen) atoms. The Morgan fingerprint density at radius 1 is 1.33 bits per heavy atom. The van der Waals surface area contributed by atoms with Gasteiger partial charge in [-0.15, -0.1) is 0 Å². The summed E-state index contributed by atoms with van der Waals surface area (Å²) in [5.74, 6) is -0.333. The van der Waals surface area contributed by atoms with Gasteiger partial charge in [-0.25, -0.2) is 0 Å². The van der Waals surface area contributed by atoms with E-state index >= 15 is 0 Å². The highest BCUT2D eigenvalue weighted by atomic mass is 16.3. The molecule has 0 rings (SSSR count). The third-order valence-electron chi connectivity index (χ3n) is 2.78. The third-order valence-corrected chi connectivity index (χ3v) is 2.78. The van der Waals surface area contributed by atoms with Crippen LogP contribution in [0.3, 0.4) is 0 Å². The predicted molar refractivity (Wildman–Crippen MR) is 61.3 cm³/mol. The van der Waals surface area contributed by atoms with Crippen LogP contribution in [0.2, 0.25) is 0 Å². The Bertz CT molecular complexity index is 191. The Labute approximate surface area is 92.7 Å². The van der Waals surface area contributed by atoms with Crippen molar-refractivity contribution in [1.82, 2.24) is 10.2 Å². The first-order valence-electron chi connectivity index (χ1n) is 5.63. The van der Waals surface area contributed by atoms with Gasteiger partial charge >= 0.3 is 0 Å². The highest BCUT2D eigenvalue weighted by molar-refractivity contribution is 5.79. The van der Waals surface area contributed by atoms with Crippen molar-refractivity contribution in [3.63, 3.8) is 0 Å². The normalized spacial score (nSPS) is 15.5. The molecule has 0 spiro atoms. The number of rotatable bonds is 6. The molecule has 2 unspecified atom stereocenters. The van der Waals surface area contributed by atoms with Gasteiger partial charge in [-0.2, -0.15) is 0 Å². The molecule has 0 heterocycles. The zero-order valence-corrected chi connectivity index (χ0v) is 10.4. The molecule has 4 nitrogen and oxygen atoms in total. The maximum atomic E-state index is 11.6. The molecule has 1 amide bonds. The van der Waals surface area contributed by atoms with Crippen molar-refractivity contribution >= 4 is 5.91 Å². The van der Waals surface area contributed by atoms with Crippen molar-refractivity contribution in [2.45, 2.75) is 33.9 Å². The summed E-state index contributed by atoms with van der Waals surface area (Å²) in [6, 6.07) is 0. The lowest BCUT2D eigenvalue weighted by atomic mass is 9.92. The second-order valence-corrected chi connectivity index (χ2v) is 4.02. The lowest BCUT2D eigenvalue weighted by molar-refractivity contribution is -0.137. The number of aliphatic hydroxyl groups is 1. The first-order chi connectivity index (χ1) is 6.99. The first kappa shape index (κ1) is 14.4. The number of carbonyl (C=O) groups is 1. The lowest BCUT2D eigenvalue weighted by Crippen LogP contribution is -2.48. The summed E-state index contributed by atoms with van der Waals surface area (Å²) < 4.78 is 0. The number of carbonyl (C=O) groups excluding carboxylic acids is 1. The topological polar surface area (TPSA) is 52.6 Å². The molecule has 4 heteroatoms. The summed E-state index contributed by atoms with van der Waals surface area (Å²) in [5, 5.41) is 12.7. The molecule has 0 aliphatic carbocycles. The zero-order valence-electron chi connectivity index (χ0n) is 10.4. The fourth-order valence-corrected chi connectivity index (χ4v) is 1.77. The average molecular weight is 216 g/mol. The number of aliphatic hydroxyl groups excluding tert-OH is 1. The van der Waals surface area contributed by atoms with Crippen LogP contribution in [-0.4, -0.2) is 42.3 Å². The Kier molecular flexibility index (Phi) is 6.52. The minimum absolute atomic E-state index is 0.0931. The molecular weight excluding hydrogens is 192 g/mol. The van der Waals surface area contributed by atoms with Crippen LogP contribution in [0.5, 0.6) is 0 Å². The summed E-state index contributed by atoms with van der Waals surface area (Å²) >= 11 is 0. The first-order valence-corrected chi connectivity index (χ1v) is 5.63. The number of nitrogens with zero attached hydrogens (tertiary/aromatic N) is 1. The van der Waals surface area contributed by atoms with Crippen molar-refractivity contribution in [2.75, 3.05) is 20.1 Å². The van der Waals surface area contributed by atoms with Gasteiger partial charge in [-0.05, 0) is 19.0 Å². The van der Waals surface area contributed by atoms with Crippen LogP contribution < -0.4 is 5.32 Å². The highest BCUT2D eigenvalue weighted by Crippen LogP contribution is 2.18. The van der Waals surface area contributed by atoms with Crippen molar-refractivity contribution in [3.05, 3.63) is 0 Å². The summed E-state index contributed by atoms with van der Waals surface area (Å²) in [5.41, 5.74) is 0. The monoisotopic (exact) mass is 216 g/mol. The molecule has 0 aliphatic rings. The summed E-state index contributed by atoms with van der Waals surface area (Å²) in [7, 11) is 1.60. The van der Waals surface area contributed by atoms with Crippen LogP contribution in [0.4, 0.5) is 0 Å². The minimum atomic E-state index is -0.694. The molecule has 0 saturated heterocycles. The van der Waals surface area contributed by atoms with E-state index in [0.717, 1.165) is 13.1 Å². The molecule has 0 fully saturated rings. The fraction of sp³-hybridized carbons (Fsp3) is 0.909. The van der Waals surface area contributed by atoms with Crippen molar-refractivity contribution in [1.29, 1.82) is 0 Å². The van der Waals surface area contributed by atoms with Crippen molar-refractivity contribution in [3.8, 4) is 0 Å². The van der Waals surface area contributed by atoms with Crippen LogP contribution in [0.1, 0.15) is 27.7 Å². The van der Waals surface area contributed by atoms with Crippen LogP contribution in [0, 0.1) is 11.8 Å². The van der Waals surface area contributed by atoms with Gasteiger partial charge in [-0.3, -0.25) is 9.69 Å². The summed E-state index contributed by atoms with van der Waals surface area (Å²) in [6.45, 7) is 9.36. The highest BCUT2D eigenvalue weighted by Gasteiger charge is 2.31. The maximum Gasteiger partial charge on any atom is 0.227 e. The Morgan fingerprint density at radius 2 is 1.80 bits per heavy atom. The van der Waals surface area contributed by atoms with Crippen LogP contribution in [-0.2, 0) is 4.79 Å². The molecule has 0 bridgehead atoms. The van der Waals surface area contributed by atoms with E-state index in [1.165, 1.54) is 0 Å². The molecule has 0 aromatic carbocycles. The number of nitrogens with one attached hydrogen (secondary N) is 1. The second kappa shape index (κ2) is 6.80. The van der Waals surface area contributed by atoms with Gasteiger partial charge in [0.05, 0.1) is 5.92 Å². The molecule has 0 saturated carbocycles. The van der Waals surface area contributed by atoms with E-state index in [2.05, 4.69) is 5.32 Å². The van der Waals surface area contributed by atoms with Crippen LogP contribution >= 0.6 is 0 Å². The Morgan fingerprint density at radius 3 is 2.07 bits per heavy atom. The smallest absolute Gasteiger partial charge is 0.227 e. The Hall–Kier alpha value is -0.610. The average Bonchev–Trinajstić information content (AvgIpc) is 2.19. The van der Waals surface area contributed by atoms with Gasteiger partial charge in [0.25, 0.3) is 0 Å². The predicted octanol–water partition coefficient (Wildman–Crippen LogP) is 0.665. The van der Waals surface area contributed by atoms with Gasteiger partial charge in [0.1, 0.15) is 6.23 Å². The van der Waals surface area contributed by atoms with E-state index < -0.39 is 6.23 Å². The number of amides is 1. The summed E-state index contributed by atoms with van der Waals surface area (Å²) in [6.07, 6.45) is -0.694. The van der Waals surface area contributed by atoms with Crippen molar-refractivity contribution in [2.24, 2.45) is 11.8 Å². The molecule has 90 valence electrons. The molecule has 0 aromatic heterocycles. The van der Waals surface area contributed by atoms with E-state index in [9.17, 15) is 9.90 Å². The van der Waals surface area contributed by atoms with E-state index in [-0.39, 0.29) is 17.7 Å². The van der Waals surface area contributed by atoms with Gasteiger partial charge in [0.15, 0.2) is 0 Å². The SMILES string of the molecule is CCN(CC)C(O)C(C(=O)NC)C(C)C. The van der Waals surface area contributed by atoms with Crippen LogP contribution in [0.25, 0.3) is 0 Å².